The zero-order chi connectivity index (χ0) is 28.5. The van der Waals surface area contributed by atoms with Gasteiger partial charge in [0.25, 0.3) is 0 Å². The fourth-order valence-corrected chi connectivity index (χ4v) is 7.71. The summed E-state index contributed by atoms with van der Waals surface area (Å²) < 4.78 is 0. The van der Waals surface area contributed by atoms with E-state index in [2.05, 4.69) is 109 Å². The fraction of sp³-hybridized carbons (Fsp3) is 0.200. The van der Waals surface area contributed by atoms with Gasteiger partial charge in [-0.3, -0.25) is 0 Å². The van der Waals surface area contributed by atoms with E-state index < -0.39 is 0 Å². The average molecular weight is 545 g/mol. The summed E-state index contributed by atoms with van der Waals surface area (Å²) >= 11 is 0. The SMILES string of the molecule is C=Cc1ccc2c3ccc4c5c(ccc(c6ccc(C(=C)N(C)C7=CCCCC7)c1c26)c53)C(=C)N(C1=CCCC=C1)C4. The largest absolute Gasteiger partial charge is 0.348 e. The molecule has 2 nitrogen and oxygen atoms in total. The van der Waals surface area contributed by atoms with Crippen LogP contribution in [0, 0.1) is 0 Å². The Morgan fingerprint density at radius 3 is 2.26 bits per heavy atom. The van der Waals surface area contributed by atoms with Crippen LogP contribution in [-0.2, 0) is 6.54 Å². The molecule has 0 N–H and O–H groups in total. The van der Waals surface area contributed by atoms with Crippen LogP contribution in [-0.4, -0.2) is 16.8 Å². The van der Waals surface area contributed by atoms with Crippen LogP contribution < -0.4 is 0 Å². The molecule has 1 aliphatic heterocycles. The molecule has 2 aliphatic carbocycles. The highest BCUT2D eigenvalue weighted by molar-refractivity contribution is 6.35. The van der Waals surface area contributed by atoms with Gasteiger partial charge in [0.2, 0.25) is 0 Å². The molecule has 0 amide bonds. The van der Waals surface area contributed by atoms with Crippen molar-refractivity contribution in [3.05, 3.63) is 126 Å². The monoisotopic (exact) mass is 544 g/mol. The summed E-state index contributed by atoms with van der Waals surface area (Å²) in [5.41, 5.74) is 9.74. The maximum Gasteiger partial charge on any atom is 0.0488 e. The van der Waals surface area contributed by atoms with Crippen LogP contribution in [0.25, 0.3) is 60.6 Å². The van der Waals surface area contributed by atoms with Gasteiger partial charge in [0.05, 0.1) is 0 Å². The van der Waals surface area contributed by atoms with Crippen LogP contribution >= 0.6 is 0 Å². The number of nitrogens with zero attached hydrogens (tertiary/aromatic N) is 2. The third kappa shape index (κ3) is 3.51. The first-order valence-electron chi connectivity index (χ1n) is 15.3. The standard InChI is InChI=1S/C40H36N2/c1-5-27-16-18-33-34-19-17-28-24-42(30-14-10-7-11-15-30)26(3)32-21-23-36(40(34)38(28)32)35-22-20-31(37(27)39(33)35)25(2)41(4)29-12-8-6-9-13-29/h5,10,12,14-23H,1-3,6-9,11,13,24H2,4H3. The minimum Gasteiger partial charge on any atom is -0.348 e. The first kappa shape index (κ1) is 25.2. The summed E-state index contributed by atoms with van der Waals surface area (Å²) in [5.74, 6) is 0. The smallest absolute Gasteiger partial charge is 0.0488 e. The van der Waals surface area contributed by atoms with Crippen molar-refractivity contribution in [2.24, 2.45) is 0 Å². The van der Waals surface area contributed by atoms with E-state index in [1.54, 1.807) is 0 Å². The molecule has 0 fully saturated rings. The Labute approximate surface area is 248 Å². The molecule has 0 saturated heterocycles. The van der Waals surface area contributed by atoms with Crippen LogP contribution in [0.5, 0.6) is 0 Å². The molecule has 2 heteroatoms. The van der Waals surface area contributed by atoms with E-state index in [-0.39, 0.29) is 0 Å². The topological polar surface area (TPSA) is 6.48 Å². The summed E-state index contributed by atoms with van der Waals surface area (Å²) in [7, 11) is 2.18. The Bertz CT molecular complexity index is 2060. The molecule has 5 aromatic carbocycles. The molecular formula is C40H36N2. The van der Waals surface area contributed by atoms with Gasteiger partial charge >= 0.3 is 0 Å². The Kier molecular flexibility index (Phi) is 5.69. The van der Waals surface area contributed by atoms with Gasteiger partial charge in [-0.15, -0.1) is 0 Å². The molecule has 5 aromatic rings. The molecule has 1 heterocycles. The van der Waals surface area contributed by atoms with Gasteiger partial charge in [-0.25, -0.2) is 0 Å². The summed E-state index contributed by atoms with van der Waals surface area (Å²) in [4.78, 5) is 4.70. The van der Waals surface area contributed by atoms with Gasteiger partial charge in [0.15, 0.2) is 0 Å². The van der Waals surface area contributed by atoms with Crippen LogP contribution in [0.3, 0.4) is 0 Å². The molecular weight excluding hydrogens is 508 g/mol. The molecule has 8 rings (SSSR count). The first-order valence-corrected chi connectivity index (χ1v) is 15.3. The van der Waals surface area contributed by atoms with Crippen LogP contribution in [0.4, 0.5) is 0 Å². The van der Waals surface area contributed by atoms with Crippen molar-refractivity contribution in [2.75, 3.05) is 7.05 Å². The van der Waals surface area contributed by atoms with Gasteiger partial charge in [0, 0.05) is 47.5 Å². The second-order valence-corrected chi connectivity index (χ2v) is 12.1. The third-order valence-corrected chi connectivity index (χ3v) is 9.91. The van der Waals surface area contributed by atoms with E-state index >= 15 is 0 Å². The summed E-state index contributed by atoms with van der Waals surface area (Å²) in [6.45, 7) is 14.3. The number of benzene rings is 5. The van der Waals surface area contributed by atoms with Crippen molar-refractivity contribution >= 4 is 60.6 Å². The van der Waals surface area contributed by atoms with Crippen molar-refractivity contribution in [3.63, 3.8) is 0 Å². The Morgan fingerprint density at radius 2 is 1.55 bits per heavy atom. The lowest BCUT2D eigenvalue weighted by Crippen LogP contribution is -2.24. The first-order chi connectivity index (χ1) is 20.6. The maximum absolute atomic E-state index is 4.63. The number of fused-ring (bicyclic) bond motifs is 2. The van der Waals surface area contributed by atoms with Gasteiger partial charge < -0.3 is 9.80 Å². The molecule has 0 atom stereocenters. The Hall–Kier alpha value is -4.56. The fourth-order valence-electron chi connectivity index (χ4n) is 7.71. The average Bonchev–Trinajstić information content (AvgIpc) is 3.05. The summed E-state index contributed by atoms with van der Waals surface area (Å²) in [6, 6.07) is 18.5. The predicted molar refractivity (Wildman–Crippen MR) is 182 cm³/mol. The molecule has 0 unspecified atom stereocenters. The Morgan fingerprint density at radius 1 is 0.810 bits per heavy atom. The van der Waals surface area contributed by atoms with E-state index in [0.29, 0.717) is 0 Å². The molecule has 0 saturated carbocycles. The van der Waals surface area contributed by atoms with Crippen LogP contribution in [0.15, 0.2) is 104 Å². The minimum atomic E-state index is 0.848. The van der Waals surface area contributed by atoms with Gasteiger partial charge in [-0.2, -0.15) is 0 Å². The van der Waals surface area contributed by atoms with Crippen LogP contribution in [0.2, 0.25) is 0 Å². The predicted octanol–water partition coefficient (Wildman–Crippen LogP) is 10.8. The molecule has 0 radical (unpaired) electrons. The lowest BCUT2D eigenvalue weighted by Gasteiger charge is -2.35. The zero-order valence-corrected chi connectivity index (χ0v) is 24.5. The van der Waals surface area contributed by atoms with Crippen molar-refractivity contribution in [1.29, 1.82) is 0 Å². The van der Waals surface area contributed by atoms with Gasteiger partial charge in [-0.05, 0) is 98.8 Å². The minimum absolute atomic E-state index is 0.848. The normalized spacial score (nSPS) is 16.9. The Balaban J connectivity index is 1.38. The molecule has 0 spiro atoms. The molecule has 0 aromatic heterocycles. The number of allylic oxidation sites excluding steroid dienone is 5. The molecule has 206 valence electrons. The number of hydrogen-bond acceptors (Lipinski definition) is 2. The van der Waals surface area contributed by atoms with Gasteiger partial charge in [0.1, 0.15) is 0 Å². The third-order valence-electron chi connectivity index (χ3n) is 9.91. The highest BCUT2D eigenvalue weighted by Crippen LogP contribution is 2.48. The number of hydrogen-bond donors (Lipinski definition) is 0. The summed E-state index contributed by atoms with van der Waals surface area (Å²) in [5, 5.41) is 10.5. The molecule has 42 heavy (non-hydrogen) atoms. The van der Waals surface area contributed by atoms with Crippen LogP contribution in [0.1, 0.15) is 60.8 Å². The van der Waals surface area contributed by atoms with E-state index in [9.17, 15) is 0 Å². The highest BCUT2D eigenvalue weighted by Gasteiger charge is 2.27. The molecule has 3 aliphatic rings. The maximum atomic E-state index is 4.63. The quantitative estimate of drug-likeness (QED) is 0.160. The number of rotatable bonds is 5. The van der Waals surface area contributed by atoms with Crippen molar-refractivity contribution in [1.82, 2.24) is 9.80 Å². The van der Waals surface area contributed by atoms with E-state index in [0.717, 1.165) is 49.2 Å². The zero-order valence-electron chi connectivity index (χ0n) is 24.5. The second kappa shape index (κ2) is 9.49. The van der Waals surface area contributed by atoms with Crippen molar-refractivity contribution in [3.8, 4) is 0 Å². The molecule has 0 bridgehead atoms. The lowest BCUT2D eigenvalue weighted by atomic mass is 9.82. The van der Waals surface area contributed by atoms with E-state index in [4.69, 9.17) is 0 Å². The van der Waals surface area contributed by atoms with E-state index in [1.165, 1.54) is 84.0 Å². The second-order valence-electron chi connectivity index (χ2n) is 12.1. The van der Waals surface area contributed by atoms with Crippen molar-refractivity contribution < 1.29 is 0 Å². The lowest BCUT2D eigenvalue weighted by molar-refractivity contribution is 0.490. The summed E-state index contributed by atoms with van der Waals surface area (Å²) in [6.07, 6.45) is 18.3. The van der Waals surface area contributed by atoms with E-state index in [1.807, 2.05) is 6.08 Å². The van der Waals surface area contributed by atoms with Gasteiger partial charge in [-0.1, -0.05) is 92.6 Å². The highest BCUT2D eigenvalue weighted by atomic mass is 15.2. The van der Waals surface area contributed by atoms with Crippen molar-refractivity contribution in [2.45, 2.75) is 45.1 Å².